The predicted octanol–water partition coefficient (Wildman–Crippen LogP) is -3.38. The summed E-state index contributed by atoms with van der Waals surface area (Å²) >= 11 is 0. The first-order valence-electron chi connectivity index (χ1n) is 5.88. The maximum atomic E-state index is 12.0. The molecule has 1 atom stereocenters. The molecule has 0 spiro atoms. The number of amides is 2. The third-order valence-electron chi connectivity index (χ3n) is 2.45. The molecule has 0 aliphatic carbocycles. The number of carboxylic acid groups (broad SMARTS) is 1. The number of aliphatic carboxylic acids is 1. The molecule has 0 bridgehead atoms. The summed E-state index contributed by atoms with van der Waals surface area (Å²) in [5, 5.41) is 18.1. The zero-order valence-corrected chi connectivity index (χ0v) is 14.1. The molecule has 1 rings (SSSR count). The van der Waals surface area contributed by atoms with Crippen LogP contribution in [0.1, 0.15) is 17.3 Å². The van der Waals surface area contributed by atoms with Gasteiger partial charge in [0.2, 0.25) is 5.91 Å². The van der Waals surface area contributed by atoms with Crippen molar-refractivity contribution < 1.29 is 49.0 Å². The van der Waals surface area contributed by atoms with Gasteiger partial charge in [0, 0.05) is 10.5 Å². The fourth-order valence-electron chi connectivity index (χ4n) is 1.45. The Balaban J connectivity index is 0.00000441. The van der Waals surface area contributed by atoms with Crippen LogP contribution in [-0.4, -0.2) is 30.4 Å². The van der Waals surface area contributed by atoms with E-state index in [1.807, 2.05) is 0 Å². The van der Waals surface area contributed by atoms with Gasteiger partial charge >= 0.3 is 29.6 Å². The third-order valence-corrected chi connectivity index (χ3v) is 2.45. The second-order valence-corrected chi connectivity index (χ2v) is 3.99. The van der Waals surface area contributed by atoms with Gasteiger partial charge in [0.25, 0.3) is 5.91 Å². The van der Waals surface area contributed by atoms with Crippen molar-refractivity contribution in [2.45, 2.75) is 13.0 Å². The number of hydrogen-bond donors (Lipinski definition) is 2. The molecule has 0 unspecified atom stereocenters. The smallest absolute Gasteiger partial charge is 0.548 e. The van der Waals surface area contributed by atoms with Gasteiger partial charge in [0.15, 0.2) is 0 Å². The van der Waals surface area contributed by atoms with Crippen LogP contribution in [-0.2, 0) is 9.59 Å². The van der Waals surface area contributed by atoms with E-state index in [2.05, 4.69) is 20.7 Å². The van der Waals surface area contributed by atoms with Crippen LogP contribution in [0.2, 0.25) is 0 Å². The molecule has 0 aromatic heterocycles. The summed E-state index contributed by atoms with van der Waals surface area (Å²) in [5.41, 5.74) is 8.65. The van der Waals surface area contributed by atoms with Crippen LogP contribution in [0.25, 0.3) is 10.4 Å². The van der Waals surface area contributed by atoms with Gasteiger partial charge in [-0.05, 0) is 18.5 Å². The first-order valence-corrected chi connectivity index (χ1v) is 5.88. The van der Waals surface area contributed by atoms with Crippen LogP contribution in [0.5, 0.6) is 0 Å². The molecule has 1 aromatic rings. The first-order chi connectivity index (χ1) is 9.95. The fourth-order valence-corrected chi connectivity index (χ4v) is 1.45. The Kier molecular flexibility index (Phi) is 8.88. The number of carboxylic acids is 1. The van der Waals surface area contributed by atoms with Crippen molar-refractivity contribution in [2.75, 3.05) is 6.54 Å². The van der Waals surface area contributed by atoms with Crippen molar-refractivity contribution in [1.82, 2.24) is 10.6 Å². The third kappa shape index (κ3) is 6.15. The number of benzene rings is 1. The second kappa shape index (κ2) is 9.80. The molecule has 0 aliphatic heterocycles. The molecule has 22 heavy (non-hydrogen) atoms. The van der Waals surface area contributed by atoms with Crippen LogP contribution in [0.15, 0.2) is 29.4 Å². The quantitative estimate of drug-likeness (QED) is 0.244. The molecule has 10 heteroatoms. The van der Waals surface area contributed by atoms with E-state index in [9.17, 15) is 19.5 Å². The maximum Gasteiger partial charge on any atom is 1.00 e. The largest absolute Gasteiger partial charge is 1.00 e. The molecule has 0 heterocycles. The van der Waals surface area contributed by atoms with Crippen molar-refractivity contribution in [3.05, 3.63) is 40.3 Å². The molecule has 110 valence electrons. The molecule has 2 N–H and O–H groups in total. The van der Waals surface area contributed by atoms with E-state index < -0.39 is 30.4 Å². The number of carbonyl (C=O) groups excluding carboxylic acids is 3. The average Bonchev–Trinajstić information content (AvgIpc) is 2.45. The number of carbonyl (C=O) groups is 3. The van der Waals surface area contributed by atoms with Gasteiger partial charge in [0.1, 0.15) is 6.04 Å². The number of nitrogens with zero attached hydrogens (tertiary/aromatic N) is 3. The predicted molar refractivity (Wildman–Crippen MR) is 70.2 cm³/mol. The summed E-state index contributed by atoms with van der Waals surface area (Å²) in [6, 6.07) is 5.10. The second-order valence-electron chi connectivity index (χ2n) is 3.99. The summed E-state index contributed by atoms with van der Waals surface area (Å²) in [6.45, 7) is 0.743. The van der Waals surface area contributed by atoms with Crippen molar-refractivity contribution >= 4 is 23.5 Å². The van der Waals surface area contributed by atoms with E-state index >= 15 is 0 Å². The van der Waals surface area contributed by atoms with Gasteiger partial charge in [-0.2, -0.15) is 0 Å². The van der Waals surface area contributed by atoms with E-state index in [4.69, 9.17) is 5.53 Å². The summed E-state index contributed by atoms with van der Waals surface area (Å²) < 4.78 is 0. The standard InChI is InChI=1S/C12H13N5O4.Na/c1-7(11(20)14-6-10(18)19)15-12(21)8-4-2-3-5-9(8)16-17-13;/h2-5,7H,6H2,1H3,(H,14,20)(H,15,21)(H,18,19);/q;+1/p-1/t7-;/m1./s1. The van der Waals surface area contributed by atoms with Gasteiger partial charge in [-0.1, -0.05) is 23.3 Å². The Morgan fingerprint density at radius 2 is 2.00 bits per heavy atom. The molecule has 0 radical (unpaired) electrons. The van der Waals surface area contributed by atoms with Crippen molar-refractivity contribution in [2.24, 2.45) is 5.11 Å². The Morgan fingerprint density at radius 1 is 1.36 bits per heavy atom. The summed E-state index contributed by atoms with van der Waals surface area (Å²) in [4.78, 5) is 36.3. The minimum Gasteiger partial charge on any atom is -0.548 e. The first kappa shape index (κ1) is 19.9. The fraction of sp³-hybridized carbons (Fsp3) is 0.250. The number of nitrogens with one attached hydrogen (secondary N) is 2. The summed E-state index contributed by atoms with van der Waals surface area (Å²) in [7, 11) is 0. The molecule has 0 aliphatic rings. The van der Waals surface area contributed by atoms with Gasteiger partial charge in [-0.3, -0.25) is 9.59 Å². The van der Waals surface area contributed by atoms with E-state index in [1.54, 1.807) is 12.1 Å². The number of azide groups is 1. The minimum atomic E-state index is -1.43. The maximum absolute atomic E-state index is 12.0. The van der Waals surface area contributed by atoms with Gasteiger partial charge in [-0.15, -0.1) is 0 Å². The SMILES string of the molecule is C[C@@H](NC(=O)c1ccccc1N=[N+]=[N-])C(=O)NCC(=O)[O-].[Na+]. The molecule has 0 fully saturated rings. The molecular weight excluding hydrogens is 301 g/mol. The Hall–Kier alpha value is -2.06. The zero-order chi connectivity index (χ0) is 15.8. The Labute approximate surface area is 148 Å². The molecular formula is C12H12N5NaO4. The molecule has 0 saturated carbocycles. The van der Waals surface area contributed by atoms with Gasteiger partial charge in [-0.25, -0.2) is 0 Å². The Morgan fingerprint density at radius 3 is 2.59 bits per heavy atom. The minimum absolute atomic E-state index is 0. The van der Waals surface area contributed by atoms with E-state index in [0.717, 1.165) is 0 Å². The van der Waals surface area contributed by atoms with Crippen LogP contribution in [0.4, 0.5) is 5.69 Å². The molecule has 2 amide bonds. The van der Waals surface area contributed by atoms with E-state index in [0.29, 0.717) is 0 Å². The van der Waals surface area contributed by atoms with Crippen molar-refractivity contribution in [3.8, 4) is 0 Å². The Bertz CT molecular complexity index is 615. The molecule has 9 nitrogen and oxygen atoms in total. The average molecular weight is 313 g/mol. The summed E-state index contributed by atoms with van der Waals surface area (Å²) in [5.74, 6) is -2.72. The van der Waals surface area contributed by atoms with Gasteiger partial charge in [0.05, 0.1) is 18.2 Å². The van der Waals surface area contributed by atoms with Crippen LogP contribution in [0.3, 0.4) is 0 Å². The van der Waals surface area contributed by atoms with Crippen LogP contribution >= 0.6 is 0 Å². The van der Waals surface area contributed by atoms with Crippen molar-refractivity contribution in [3.63, 3.8) is 0 Å². The summed E-state index contributed by atoms with van der Waals surface area (Å²) in [6.07, 6.45) is 0. The van der Waals surface area contributed by atoms with E-state index in [-0.39, 0.29) is 40.8 Å². The van der Waals surface area contributed by atoms with Crippen molar-refractivity contribution in [1.29, 1.82) is 0 Å². The van der Waals surface area contributed by atoms with Crippen LogP contribution < -0.4 is 45.3 Å². The van der Waals surface area contributed by atoms with E-state index in [1.165, 1.54) is 19.1 Å². The molecule has 0 saturated heterocycles. The monoisotopic (exact) mass is 313 g/mol. The normalized spacial score (nSPS) is 10.4. The number of rotatable bonds is 6. The zero-order valence-electron chi connectivity index (χ0n) is 12.1. The molecule has 1 aromatic carbocycles. The topological polar surface area (TPSA) is 147 Å². The number of hydrogen-bond acceptors (Lipinski definition) is 5. The van der Waals surface area contributed by atoms with Gasteiger partial charge < -0.3 is 20.5 Å². The van der Waals surface area contributed by atoms with Crippen LogP contribution in [0, 0.1) is 0 Å².